The molecule has 2 bridgehead atoms. The Morgan fingerprint density at radius 1 is 0.941 bits per heavy atom. The van der Waals surface area contributed by atoms with Gasteiger partial charge in [0.2, 0.25) is 0 Å². The Balaban J connectivity index is 1.68. The molecule has 3 rings (SSSR count). The van der Waals surface area contributed by atoms with Gasteiger partial charge >= 0.3 is 0 Å². The van der Waals surface area contributed by atoms with E-state index in [0.717, 1.165) is 42.4 Å². The van der Waals surface area contributed by atoms with Crippen LogP contribution in [-0.4, -0.2) is 11.2 Å². The molecule has 3 saturated carbocycles. The van der Waals surface area contributed by atoms with Crippen molar-refractivity contribution >= 4 is 0 Å². The van der Waals surface area contributed by atoms with Gasteiger partial charge in [0.05, 0.1) is 6.10 Å². The summed E-state index contributed by atoms with van der Waals surface area (Å²) >= 11 is 0. The Morgan fingerprint density at radius 2 is 1.53 bits per heavy atom. The Bertz CT molecular complexity index is 284. The minimum atomic E-state index is 0.0127. The van der Waals surface area contributed by atoms with Gasteiger partial charge in [-0.3, -0.25) is 0 Å². The Hall–Kier alpha value is -0.0400. The lowest BCUT2D eigenvalue weighted by Crippen LogP contribution is -2.37. The van der Waals surface area contributed by atoms with Gasteiger partial charge in [0, 0.05) is 0 Å². The molecule has 1 heteroatoms. The van der Waals surface area contributed by atoms with Gasteiger partial charge in [-0.2, -0.15) is 0 Å². The van der Waals surface area contributed by atoms with Crippen molar-refractivity contribution in [2.45, 2.75) is 65.4 Å². The lowest BCUT2D eigenvalue weighted by Gasteiger charge is -2.44. The summed E-state index contributed by atoms with van der Waals surface area (Å²) in [6.07, 6.45) is 7.72. The number of aliphatic hydroxyl groups is 1. The van der Waals surface area contributed by atoms with E-state index in [0.29, 0.717) is 5.41 Å². The zero-order valence-corrected chi connectivity index (χ0v) is 11.7. The second kappa shape index (κ2) is 3.98. The maximum Gasteiger partial charge on any atom is 0.0540 e. The first-order valence-corrected chi connectivity index (χ1v) is 7.68. The Morgan fingerprint density at radius 3 is 2.06 bits per heavy atom. The second-order valence-corrected chi connectivity index (χ2v) is 7.67. The number of fused-ring (bicyclic) bond motifs is 2. The monoisotopic (exact) mass is 236 g/mol. The van der Waals surface area contributed by atoms with Crippen LogP contribution in [0.4, 0.5) is 0 Å². The van der Waals surface area contributed by atoms with Crippen LogP contribution in [0.25, 0.3) is 0 Å². The number of aliphatic hydroxyl groups excluding tert-OH is 1. The first-order valence-electron chi connectivity index (χ1n) is 7.68. The molecule has 98 valence electrons. The van der Waals surface area contributed by atoms with Crippen molar-refractivity contribution in [3.8, 4) is 0 Å². The predicted octanol–water partition coefficient (Wildman–Crippen LogP) is 3.86. The molecule has 0 unspecified atom stereocenters. The predicted molar refractivity (Wildman–Crippen MR) is 70.6 cm³/mol. The SMILES string of the molecule is C[C@H]1[C@H]2C[C@@H](C[C@H]2C2CCC(O)CC2)C1(C)C. The summed E-state index contributed by atoms with van der Waals surface area (Å²) in [7, 11) is 0. The van der Waals surface area contributed by atoms with E-state index in [9.17, 15) is 5.11 Å². The average molecular weight is 236 g/mol. The number of hydrogen-bond donors (Lipinski definition) is 1. The maximum atomic E-state index is 9.64. The van der Waals surface area contributed by atoms with Crippen molar-refractivity contribution in [3.63, 3.8) is 0 Å². The summed E-state index contributed by atoms with van der Waals surface area (Å²) in [5.74, 6) is 4.83. The largest absolute Gasteiger partial charge is 0.393 e. The fourth-order valence-corrected chi connectivity index (χ4v) is 5.28. The van der Waals surface area contributed by atoms with Crippen LogP contribution in [0.5, 0.6) is 0 Å². The van der Waals surface area contributed by atoms with Crippen molar-refractivity contribution in [1.82, 2.24) is 0 Å². The minimum Gasteiger partial charge on any atom is -0.393 e. The van der Waals surface area contributed by atoms with Crippen LogP contribution in [0.3, 0.4) is 0 Å². The minimum absolute atomic E-state index is 0.0127. The van der Waals surface area contributed by atoms with E-state index < -0.39 is 0 Å². The van der Waals surface area contributed by atoms with Gasteiger partial charge in [-0.1, -0.05) is 20.8 Å². The molecule has 0 spiro atoms. The van der Waals surface area contributed by atoms with E-state index in [4.69, 9.17) is 0 Å². The average Bonchev–Trinajstić information content (AvgIpc) is 2.81. The van der Waals surface area contributed by atoms with E-state index in [1.807, 2.05) is 0 Å². The molecule has 0 aromatic heterocycles. The fourth-order valence-electron chi connectivity index (χ4n) is 5.28. The molecule has 0 aromatic rings. The van der Waals surface area contributed by atoms with E-state index in [1.165, 1.54) is 25.7 Å². The third-order valence-corrected chi connectivity index (χ3v) is 6.88. The summed E-state index contributed by atoms with van der Waals surface area (Å²) in [5.41, 5.74) is 0.593. The smallest absolute Gasteiger partial charge is 0.0540 e. The van der Waals surface area contributed by atoms with E-state index >= 15 is 0 Å². The normalized spacial score (nSPS) is 52.9. The lowest BCUT2D eigenvalue weighted by atomic mass is 9.62. The second-order valence-electron chi connectivity index (χ2n) is 7.67. The standard InChI is InChI=1S/C16H28O/c1-10-14-8-12(16(10,2)3)9-15(14)11-4-6-13(17)7-5-11/h10-15,17H,4-9H2,1-3H3/t10-,11?,12-,13?,14+,15-/m0/s1. The van der Waals surface area contributed by atoms with Crippen LogP contribution in [0.1, 0.15) is 59.3 Å². The third-order valence-electron chi connectivity index (χ3n) is 6.88. The molecule has 3 fully saturated rings. The van der Waals surface area contributed by atoms with Gasteiger partial charge in [-0.15, -0.1) is 0 Å². The molecule has 3 aliphatic rings. The molecule has 3 aliphatic carbocycles. The molecular weight excluding hydrogens is 208 g/mol. The van der Waals surface area contributed by atoms with Gasteiger partial charge in [0.1, 0.15) is 0 Å². The molecule has 0 saturated heterocycles. The maximum absolute atomic E-state index is 9.64. The summed E-state index contributed by atoms with van der Waals surface area (Å²) in [4.78, 5) is 0. The molecular formula is C16H28O. The molecule has 0 aromatic carbocycles. The van der Waals surface area contributed by atoms with E-state index in [-0.39, 0.29) is 6.10 Å². The van der Waals surface area contributed by atoms with Crippen LogP contribution >= 0.6 is 0 Å². The van der Waals surface area contributed by atoms with Crippen LogP contribution in [0, 0.1) is 35.0 Å². The van der Waals surface area contributed by atoms with Crippen LogP contribution in [-0.2, 0) is 0 Å². The van der Waals surface area contributed by atoms with Crippen molar-refractivity contribution in [1.29, 1.82) is 0 Å². The Labute approximate surface area is 106 Å². The molecule has 0 heterocycles. The number of hydrogen-bond acceptors (Lipinski definition) is 1. The molecule has 4 atom stereocenters. The fraction of sp³-hybridized carbons (Fsp3) is 1.00. The molecule has 1 N–H and O–H groups in total. The molecule has 1 nitrogen and oxygen atoms in total. The third kappa shape index (κ3) is 1.77. The first-order chi connectivity index (χ1) is 8.00. The van der Waals surface area contributed by atoms with Crippen molar-refractivity contribution in [2.24, 2.45) is 35.0 Å². The summed E-state index contributed by atoms with van der Waals surface area (Å²) in [6.45, 7) is 7.47. The quantitative estimate of drug-likeness (QED) is 0.733. The van der Waals surface area contributed by atoms with Crippen molar-refractivity contribution in [3.05, 3.63) is 0 Å². The van der Waals surface area contributed by atoms with Gasteiger partial charge in [-0.25, -0.2) is 0 Å². The molecule has 0 amide bonds. The van der Waals surface area contributed by atoms with Gasteiger partial charge in [0.25, 0.3) is 0 Å². The topological polar surface area (TPSA) is 20.2 Å². The highest BCUT2D eigenvalue weighted by molar-refractivity contribution is 5.05. The summed E-state index contributed by atoms with van der Waals surface area (Å²) in [5, 5.41) is 9.64. The highest BCUT2D eigenvalue weighted by Crippen LogP contribution is 2.63. The molecule has 0 radical (unpaired) electrons. The molecule has 0 aliphatic heterocycles. The number of rotatable bonds is 1. The van der Waals surface area contributed by atoms with Crippen LogP contribution in [0.15, 0.2) is 0 Å². The Kier molecular flexibility index (Phi) is 2.81. The van der Waals surface area contributed by atoms with Crippen molar-refractivity contribution in [2.75, 3.05) is 0 Å². The lowest BCUT2D eigenvalue weighted by molar-refractivity contribution is 0.0336. The highest BCUT2D eigenvalue weighted by atomic mass is 16.3. The van der Waals surface area contributed by atoms with Crippen LogP contribution < -0.4 is 0 Å². The summed E-state index contributed by atoms with van der Waals surface area (Å²) in [6, 6.07) is 0. The van der Waals surface area contributed by atoms with Gasteiger partial charge in [0.15, 0.2) is 0 Å². The molecule has 17 heavy (non-hydrogen) atoms. The zero-order valence-electron chi connectivity index (χ0n) is 11.7. The highest BCUT2D eigenvalue weighted by Gasteiger charge is 2.56. The van der Waals surface area contributed by atoms with Crippen LogP contribution in [0.2, 0.25) is 0 Å². The first kappa shape index (κ1) is 12.0. The van der Waals surface area contributed by atoms with Gasteiger partial charge in [-0.05, 0) is 73.5 Å². The van der Waals surface area contributed by atoms with Crippen molar-refractivity contribution < 1.29 is 5.11 Å². The van der Waals surface area contributed by atoms with E-state index in [2.05, 4.69) is 20.8 Å². The van der Waals surface area contributed by atoms with E-state index in [1.54, 1.807) is 0 Å². The zero-order chi connectivity index (χ0) is 12.2. The summed E-state index contributed by atoms with van der Waals surface area (Å²) < 4.78 is 0. The van der Waals surface area contributed by atoms with Gasteiger partial charge < -0.3 is 5.11 Å².